The molecule has 104 valence electrons. The van der Waals surface area contributed by atoms with Crippen LogP contribution in [0.3, 0.4) is 0 Å². The highest BCUT2D eigenvalue weighted by Crippen LogP contribution is 2.27. The quantitative estimate of drug-likeness (QED) is 0.901. The van der Waals surface area contributed by atoms with Crippen LogP contribution in [0, 0.1) is 0 Å². The molecule has 2 aromatic rings. The second-order valence-corrected chi connectivity index (χ2v) is 4.95. The van der Waals surface area contributed by atoms with E-state index < -0.39 is 5.97 Å². The number of rotatable bonds is 4. The maximum Gasteiger partial charge on any atom is 0.354 e. The Morgan fingerprint density at radius 3 is 2.75 bits per heavy atom. The number of benzene rings is 1. The van der Waals surface area contributed by atoms with Crippen LogP contribution in [0.2, 0.25) is 10.0 Å². The Hall–Kier alpha value is -1.85. The Kier molecular flexibility index (Phi) is 4.42. The Morgan fingerprint density at radius 1 is 1.35 bits per heavy atom. The van der Waals surface area contributed by atoms with Gasteiger partial charge < -0.3 is 10.4 Å². The number of carboxylic acid groups (broad SMARTS) is 1. The standard InChI is InChI=1S/C13H11Cl2N3O2/c1-7(9-3-2-8(14)6-10(9)15)17-13-16-5-4-11(18-13)12(19)20/h2-7H,1H3,(H,19,20)(H,16,17,18). The largest absolute Gasteiger partial charge is 0.477 e. The molecule has 1 unspecified atom stereocenters. The summed E-state index contributed by atoms with van der Waals surface area (Å²) in [6.07, 6.45) is 1.38. The third-order valence-electron chi connectivity index (χ3n) is 2.65. The third kappa shape index (κ3) is 3.37. The summed E-state index contributed by atoms with van der Waals surface area (Å²) in [6.45, 7) is 1.87. The smallest absolute Gasteiger partial charge is 0.354 e. The number of anilines is 1. The maximum atomic E-state index is 10.8. The minimum atomic E-state index is -1.10. The van der Waals surface area contributed by atoms with E-state index in [-0.39, 0.29) is 17.7 Å². The topological polar surface area (TPSA) is 75.1 Å². The number of carboxylic acids is 1. The first kappa shape index (κ1) is 14.6. The van der Waals surface area contributed by atoms with Crippen molar-refractivity contribution in [2.24, 2.45) is 0 Å². The summed E-state index contributed by atoms with van der Waals surface area (Å²) in [5, 5.41) is 13.0. The van der Waals surface area contributed by atoms with Crippen LogP contribution in [0.25, 0.3) is 0 Å². The lowest BCUT2D eigenvalue weighted by molar-refractivity contribution is 0.0690. The van der Waals surface area contributed by atoms with E-state index in [0.717, 1.165) is 5.56 Å². The van der Waals surface area contributed by atoms with Gasteiger partial charge in [0.1, 0.15) is 0 Å². The van der Waals surface area contributed by atoms with Crippen molar-refractivity contribution in [1.29, 1.82) is 0 Å². The lowest BCUT2D eigenvalue weighted by atomic mass is 10.1. The number of halogens is 2. The normalized spacial score (nSPS) is 11.9. The molecule has 1 heterocycles. The van der Waals surface area contributed by atoms with Gasteiger partial charge in [0.2, 0.25) is 5.95 Å². The zero-order chi connectivity index (χ0) is 14.7. The van der Waals surface area contributed by atoms with E-state index >= 15 is 0 Å². The molecule has 0 aliphatic carbocycles. The Balaban J connectivity index is 2.21. The van der Waals surface area contributed by atoms with Gasteiger partial charge in [0.25, 0.3) is 0 Å². The fourth-order valence-electron chi connectivity index (χ4n) is 1.67. The average Bonchev–Trinajstić information content (AvgIpc) is 2.38. The predicted octanol–water partition coefficient (Wildman–Crippen LogP) is 3.65. The molecule has 1 atom stereocenters. The molecule has 0 saturated carbocycles. The molecule has 2 rings (SSSR count). The fraction of sp³-hybridized carbons (Fsp3) is 0.154. The van der Waals surface area contributed by atoms with Crippen LogP contribution in [0.5, 0.6) is 0 Å². The van der Waals surface area contributed by atoms with E-state index in [9.17, 15) is 4.79 Å². The minimum absolute atomic E-state index is 0.0723. The summed E-state index contributed by atoms with van der Waals surface area (Å²) < 4.78 is 0. The van der Waals surface area contributed by atoms with Gasteiger partial charge in [0.15, 0.2) is 5.69 Å². The van der Waals surface area contributed by atoms with Gasteiger partial charge in [-0.05, 0) is 30.7 Å². The van der Waals surface area contributed by atoms with E-state index in [1.807, 2.05) is 6.92 Å². The molecular formula is C13H11Cl2N3O2. The van der Waals surface area contributed by atoms with E-state index in [1.54, 1.807) is 18.2 Å². The summed E-state index contributed by atoms with van der Waals surface area (Å²) in [6, 6.07) is 6.31. The van der Waals surface area contributed by atoms with Gasteiger partial charge in [-0.15, -0.1) is 0 Å². The molecule has 1 aromatic carbocycles. The van der Waals surface area contributed by atoms with Crippen molar-refractivity contribution in [3.63, 3.8) is 0 Å². The predicted molar refractivity (Wildman–Crippen MR) is 77.5 cm³/mol. The van der Waals surface area contributed by atoms with Crippen molar-refractivity contribution in [3.8, 4) is 0 Å². The van der Waals surface area contributed by atoms with Crippen molar-refractivity contribution >= 4 is 35.1 Å². The summed E-state index contributed by atoms with van der Waals surface area (Å²) in [4.78, 5) is 18.7. The van der Waals surface area contributed by atoms with Gasteiger partial charge in [-0.25, -0.2) is 14.8 Å². The molecule has 0 aliphatic rings. The average molecular weight is 312 g/mol. The molecule has 0 aliphatic heterocycles. The van der Waals surface area contributed by atoms with Crippen LogP contribution in [0.15, 0.2) is 30.5 Å². The number of nitrogens with one attached hydrogen (secondary N) is 1. The number of hydrogen-bond donors (Lipinski definition) is 2. The summed E-state index contributed by atoms with van der Waals surface area (Å²) in [5.41, 5.74) is 0.747. The van der Waals surface area contributed by atoms with Gasteiger partial charge in [-0.2, -0.15) is 0 Å². The Morgan fingerprint density at radius 2 is 2.10 bits per heavy atom. The molecule has 1 aromatic heterocycles. The van der Waals surface area contributed by atoms with Gasteiger partial charge in [-0.1, -0.05) is 29.3 Å². The Labute approximate surface area is 125 Å². The summed E-state index contributed by atoms with van der Waals surface area (Å²) >= 11 is 12.0. The van der Waals surface area contributed by atoms with Crippen LogP contribution in [0.4, 0.5) is 5.95 Å². The van der Waals surface area contributed by atoms with Crippen molar-refractivity contribution in [2.75, 3.05) is 5.32 Å². The monoisotopic (exact) mass is 311 g/mol. The minimum Gasteiger partial charge on any atom is -0.477 e. The molecule has 20 heavy (non-hydrogen) atoms. The van der Waals surface area contributed by atoms with Crippen molar-refractivity contribution in [1.82, 2.24) is 9.97 Å². The number of nitrogens with zero attached hydrogens (tertiary/aromatic N) is 2. The van der Waals surface area contributed by atoms with Crippen LogP contribution in [0.1, 0.15) is 29.0 Å². The zero-order valence-corrected chi connectivity index (χ0v) is 12.0. The van der Waals surface area contributed by atoms with Gasteiger partial charge in [-0.3, -0.25) is 0 Å². The second kappa shape index (κ2) is 6.07. The molecule has 0 fully saturated rings. The van der Waals surface area contributed by atoms with Crippen LogP contribution < -0.4 is 5.32 Å². The van der Waals surface area contributed by atoms with E-state index in [1.165, 1.54) is 12.3 Å². The molecule has 0 amide bonds. The molecule has 0 saturated heterocycles. The highest BCUT2D eigenvalue weighted by Gasteiger charge is 2.12. The van der Waals surface area contributed by atoms with E-state index in [4.69, 9.17) is 28.3 Å². The first-order valence-electron chi connectivity index (χ1n) is 5.75. The summed E-state index contributed by atoms with van der Waals surface area (Å²) in [7, 11) is 0. The van der Waals surface area contributed by atoms with Crippen molar-refractivity contribution < 1.29 is 9.90 Å². The number of hydrogen-bond acceptors (Lipinski definition) is 4. The van der Waals surface area contributed by atoms with Crippen LogP contribution >= 0.6 is 23.2 Å². The Bertz CT molecular complexity index is 649. The first-order chi connectivity index (χ1) is 9.47. The highest BCUT2D eigenvalue weighted by atomic mass is 35.5. The van der Waals surface area contributed by atoms with Crippen LogP contribution in [-0.4, -0.2) is 21.0 Å². The van der Waals surface area contributed by atoms with E-state index in [0.29, 0.717) is 10.0 Å². The number of aromatic nitrogens is 2. The number of aromatic carboxylic acids is 1. The second-order valence-electron chi connectivity index (χ2n) is 4.10. The molecule has 0 bridgehead atoms. The number of carbonyl (C=O) groups is 1. The van der Waals surface area contributed by atoms with Gasteiger partial charge in [0.05, 0.1) is 6.04 Å². The third-order valence-corrected chi connectivity index (χ3v) is 3.21. The summed E-state index contributed by atoms with van der Waals surface area (Å²) in [5.74, 6) is -0.879. The molecule has 5 nitrogen and oxygen atoms in total. The fourth-order valence-corrected chi connectivity index (χ4v) is 2.24. The lowest BCUT2D eigenvalue weighted by Gasteiger charge is -2.15. The maximum absolute atomic E-state index is 10.8. The highest BCUT2D eigenvalue weighted by molar-refractivity contribution is 6.35. The molecule has 2 N–H and O–H groups in total. The SMILES string of the molecule is CC(Nc1nccc(C(=O)O)n1)c1ccc(Cl)cc1Cl. The van der Waals surface area contributed by atoms with Crippen LogP contribution in [-0.2, 0) is 0 Å². The van der Waals surface area contributed by atoms with E-state index in [2.05, 4.69) is 15.3 Å². The zero-order valence-electron chi connectivity index (χ0n) is 10.5. The van der Waals surface area contributed by atoms with Gasteiger partial charge >= 0.3 is 5.97 Å². The lowest BCUT2D eigenvalue weighted by Crippen LogP contribution is -2.12. The molecule has 7 heteroatoms. The first-order valence-corrected chi connectivity index (χ1v) is 6.51. The molecular weight excluding hydrogens is 301 g/mol. The molecule has 0 spiro atoms. The van der Waals surface area contributed by atoms with Crippen molar-refractivity contribution in [2.45, 2.75) is 13.0 Å². The van der Waals surface area contributed by atoms with Crippen molar-refractivity contribution in [3.05, 3.63) is 51.8 Å². The molecule has 0 radical (unpaired) electrons. The van der Waals surface area contributed by atoms with Gasteiger partial charge in [0, 0.05) is 16.2 Å².